The van der Waals surface area contributed by atoms with Crippen molar-refractivity contribution in [2.24, 2.45) is 11.8 Å². The Morgan fingerprint density at radius 2 is 1.90 bits per heavy atom. The molecular weight excluding hydrogens is 416 g/mol. The average Bonchev–Trinajstić information content (AvgIpc) is 2.74. The minimum Gasteiger partial charge on any atom is -0.122 e. The number of rotatable bonds is 2. The highest BCUT2D eigenvalue weighted by atomic mass is 79.9. The zero-order valence-corrected chi connectivity index (χ0v) is 16.3. The Kier molecular flexibility index (Phi) is 4.76. The second-order valence-electron chi connectivity index (χ2n) is 5.10. The second kappa shape index (κ2) is 6.23. The summed E-state index contributed by atoms with van der Waals surface area (Å²) in [6, 6.07) is 0. The maximum Gasteiger partial charge on any atom is 0.0440 e. The predicted molar refractivity (Wildman–Crippen MR) is 100 cm³/mol. The predicted octanol–water partition coefficient (Wildman–Crippen LogP) is 6.39. The van der Waals surface area contributed by atoms with Crippen molar-refractivity contribution in [1.29, 1.82) is 0 Å². The summed E-state index contributed by atoms with van der Waals surface area (Å²) >= 11 is 11.1. The number of fused-ring (bicyclic) bond motifs is 2. The van der Waals surface area contributed by atoms with Gasteiger partial charge in [0.1, 0.15) is 0 Å². The van der Waals surface area contributed by atoms with Crippen LogP contribution >= 0.6 is 55.4 Å². The first-order valence-electron chi connectivity index (χ1n) is 6.63. The molecule has 0 bridgehead atoms. The van der Waals surface area contributed by atoms with E-state index in [-0.39, 0.29) is 0 Å². The molecule has 0 aromatic rings. The molecule has 0 spiro atoms. The number of hydrogen-bond acceptors (Lipinski definition) is 2. The molecule has 0 saturated carbocycles. The Hall–Kier alpha value is 0.360. The Morgan fingerprint density at radius 1 is 1.15 bits per heavy atom. The highest BCUT2D eigenvalue weighted by molar-refractivity contribution is 9.12. The van der Waals surface area contributed by atoms with E-state index in [1.807, 2.05) is 23.5 Å². The van der Waals surface area contributed by atoms with Gasteiger partial charge in [0.15, 0.2) is 0 Å². The van der Waals surface area contributed by atoms with Gasteiger partial charge < -0.3 is 0 Å². The van der Waals surface area contributed by atoms with Crippen LogP contribution in [0.15, 0.2) is 54.2 Å². The summed E-state index contributed by atoms with van der Waals surface area (Å²) in [7, 11) is 0. The van der Waals surface area contributed by atoms with Crippen LogP contribution in [0.2, 0.25) is 0 Å². The third-order valence-corrected chi connectivity index (χ3v) is 7.42. The summed E-state index contributed by atoms with van der Waals surface area (Å²) in [6.45, 7) is 0. The fourth-order valence-corrected chi connectivity index (χ4v) is 5.74. The highest BCUT2D eigenvalue weighted by Crippen LogP contribution is 2.54. The molecule has 0 amide bonds. The first kappa shape index (κ1) is 15.3. The van der Waals surface area contributed by atoms with Crippen LogP contribution in [0.3, 0.4) is 0 Å². The Balaban J connectivity index is 2.18. The van der Waals surface area contributed by atoms with Crippen molar-refractivity contribution in [3.8, 4) is 0 Å². The number of halogens is 2. The lowest BCUT2D eigenvalue weighted by molar-refractivity contribution is 0.623. The van der Waals surface area contributed by atoms with Gasteiger partial charge in [-0.1, -0.05) is 55.7 Å². The quantitative estimate of drug-likeness (QED) is 0.496. The monoisotopic (exact) mass is 430 g/mol. The molecule has 0 aromatic heterocycles. The minimum absolute atomic E-state index is 0.504. The van der Waals surface area contributed by atoms with Crippen LogP contribution in [0, 0.1) is 11.8 Å². The molecule has 0 aliphatic heterocycles. The van der Waals surface area contributed by atoms with Gasteiger partial charge in [0, 0.05) is 20.6 Å². The third kappa shape index (κ3) is 2.57. The molecule has 2 atom stereocenters. The molecule has 0 heterocycles. The maximum atomic E-state index is 3.70. The fourth-order valence-electron chi connectivity index (χ4n) is 3.28. The van der Waals surface area contributed by atoms with Gasteiger partial charge in [0.25, 0.3) is 0 Å². The molecule has 0 radical (unpaired) electrons. The lowest BCUT2D eigenvalue weighted by Crippen LogP contribution is -2.11. The van der Waals surface area contributed by atoms with Crippen LogP contribution in [0.5, 0.6) is 0 Å². The van der Waals surface area contributed by atoms with E-state index in [1.54, 1.807) is 5.57 Å². The standard InChI is InChI=1S/C16H16Br2S2/c1-19-16(20-2)15-13-7-9(17)3-5-11(13)12-6-4-10(18)8-14(12)15/h3,5,7-8,11,13H,4,6H2,1-2H3. The van der Waals surface area contributed by atoms with Crippen molar-refractivity contribution in [1.82, 2.24) is 0 Å². The summed E-state index contributed by atoms with van der Waals surface area (Å²) in [5.41, 5.74) is 4.64. The van der Waals surface area contributed by atoms with E-state index in [4.69, 9.17) is 0 Å². The SMILES string of the molecule is CSC(SC)=C1C2=C(CCC(Br)=C2)C2C=CC(Br)=CC12. The smallest absolute Gasteiger partial charge is 0.0440 e. The summed E-state index contributed by atoms with van der Waals surface area (Å²) in [6.07, 6.45) is 16.0. The molecule has 4 heteroatoms. The summed E-state index contributed by atoms with van der Waals surface area (Å²) in [4.78, 5) is 0. The van der Waals surface area contributed by atoms with Gasteiger partial charge in [-0.3, -0.25) is 0 Å². The average molecular weight is 432 g/mol. The van der Waals surface area contributed by atoms with Crippen LogP contribution in [-0.4, -0.2) is 12.5 Å². The summed E-state index contributed by atoms with van der Waals surface area (Å²) in [5.74, 6) is 1.07. The van der Waals surface area contributed by atoms with Gasteiger partial charge in [-0.25, -0.2) is 0 Å². The number of hydrogen-bond donors (Lipinski definition) is 0. The fraction of sp³-hybridized carbons (Fsp3) is 0.375. The topological polar surface area (TPSA) is 0 Å². The van der Waals surface area contributed by atoms with E-state index in [2.05, 4.69) is 68.7 Å². The minimum atomic E-state index is 0.504. The van der Waals surface area contributed by atoms with Crippen molar-refractivity contribution < 1.29 is 0 Å². The van der Waals surface area contributed by atoms with E-state index in [0.717, 1.165) is 6.42 Å². The molecule has 2 unspecified atom stereocenters. The van der Waals surface area contributed by atoms with Gasteiger partial charge in [-0.2, -0.15) is 0 Å². The molecule has 0 aromatic carbocycles. The second-order valence-corrected chi connectivity index (χ2v) is 8.93. The summed E-state index contributed by atoms with van der Waals surface area (Å²) < 4.78 is 4.00. The van der Waals surface area contributed by atoms with Gasteiger partial charge in [-0.15, -0.1) is 23.5 Å². The lowest BCUT2D eigenvalue weighted by Gasteiger charge is -2.22. The van der Waals surface area contributed by atoms with Crippen molar-refractivity contribution in [2.75, 3.05) is 12.5 Å². The van der Waals surface area contributed by atoms with E-state index < -0.39 is 0 Å². The molecule has 0 N–H and O–H groups in total. The van der Waals surface area contributed by atoms with Crippen LogP contribution in [0.25, 0.3) is 0 Å². The lowest BCUT2D eigenvalue weighted by atomic mass is 9.85. The van der Waals surface area contributed by atoms with Gasteiger partial charge in [0.05, 0.1) is 0 Å². The number of allylic oxidation sites excluding steroid dienone is 9. The zero-order chi connectivity index (χ0) is 14.3. The van der Waals surface area contributed by atoms with Crippen LogP contribution < -0.4 is 0 Å². The van der Waals surface area contributed by atoms with Gasteiger partial charge in [-0.05, 0) is 47.1 Å². The molecule has 0 fully saturated rings. The molecule has 20 heavy (non-hydrogen) atoms. The maximum absolute atomic E-state index is 3.70. The van der Waals surface area contributed by atoms with Crippen molar-refractivity contribution in [3.05, 3.63) is 54.2 Å². The Labute approximate surface area is 146 Å². The van der Waals surface area contributed by atoms with E-state index in [1.165, 1.54) is 30.8 Å². The van der Waals surface area contributed by atoms with Crippen LogP contribution in [-0.2, 0) is 0 Å². The van der Waals surface area contributed by atoms with Crippen molar-refractivity contribution in [3.63, 3.8) is 0 Å². The molecule has 3 aliphatic carbocycles. The van der Waals surface area contributed by atoms with E-state index >= 15 is 0 Å². The Morgan fingerprint density at radius 3 is 2.60 bits per heavy atom. The molecule has 0 nitrogen and oxygen atoms in total. The van der Waals surface area contributed by atoms with Gasteiger partial charge >= 0.3 is 0 Å². The van der Waals surface area contributed by atoms with E-state index in [9.17, 15) is 0 Å². The number of thioether (sulfide) groups is 2. The van der Waals surface area contributed by atoms with Gasteiger partial charge in [0.2, 0.25) is 0 Å². The molecule has 0 saturated heterocycles. The molecular formula is C16H16Br2S2. The Bertz CT molecular complexity index is 588. The largest absolute Gasteiger partial charge is 0.122 e. The molecule has 3 aliphatic rings. The zero-order valence-electron chi connectivity index (χ0n) is 11.5. The summed E-state index contributed by atoms with van der Waals surface area (Å²) in [5, 5.41) is 0. The first-order valence-corrected chi connectivity index (χ1v) is 10.7. The van der Waals surface area contributed by atoms with Crippen LogP contribution in [0.1, 0.15) is 12.8 Å². The van der Waals surface area contributed by atoms with E-state index in [0.29, 0.717) is 11.8 Å². The van der Waals surface area contributed by atoms with Crippen molar-refractivity contribution in [2.45, 2.75) is 12.8 Å². The third-order valence-electron chi connectivity index (χ3n) is 4.09. The normalized spacial score (nSPS) is 28.1. The molecule has 106 valence electrons. The highest BCUT2D eigenvalue weighted by Gasteiger charge is 2.39. The molecule has 3 rings (SSSR count). The van der Waals surface area contributed by atoms with Crippen molar-refractivity contribution >= 4 is 55.4 Å². The van der Waals surface area contributed by atoms with Crippen LogP contribution in [0.4, 0.5) is 0 Å². The first-order chi connectivity index (χ1) is 9.65.